The van der Waals surface area contributed by atoms with Crippen molar-refractivity contribution in [3.63, 3.8) is 0 Å². The van der Waals surface area contributed by atoms with Crippen molar-refractivity contribution < 1.29 is 14.3 Å². The lowest BCUT2D eigenvalue weighted by Gasteiger charge is -1.98. The van der Waals surface area contributed by atoms with Crippen LogP contribution in [-0.4, -0.2) is 28.5 Å². The predicted octanol–water partition coefficient (Wildman–Crippen LogP) is 4.00. The summed E-state index contributed by atoms with van der Waals surface area (Å²) >= 11 is 2.40. The Hall–Kier alpha value is -2.58. The van der Waals surface area contributed by atoms with E-state index in [9.17, 15) is 9.59 Å². The van der Waals surface area contributed by atoms with Crippen LogP contribution in [0.5, 0.6) is 0 Å². The number of nitrogens with one attached hydrogen (secondary N) is 1. The van der Waals surface area contributed by atoms with E-state index in [1.165, 1.54) is 17.5 Å². The molecule has 0 unspecified atom stereocenters. The van der Waals surface area contributed by atoms with Crippen molar-refractivity contribution >= 4 is 39.7 Å². The molecular weight excluding hydrogens is 358 g/mol. The van der Waals surface area contributed by atoms with Crippen molar-refractivity contribution in [2.75, 3.05) is 11.9 Å². The fraction of sp³-hybridized carbons (Fsp3) is 0.176. The van der Waals surface area contributed by atoms with Crippen molar-refractivity contribution in [3.8, 4) is 10.6 Å². The average molecular weight is 373 g/mol. The van der Waals surface area contributed by atoms with Gasteiger partial charge in [0, 0.05) is 5.56 Å². The lowest BCUT2D eigenvalue weighted by molar-refractivity contribution is 0.0531. The topological polar surface area (TPSA) is 81.2 Å². The molecule has 25 heavy (non-hydrogen) atoms. The Kier molecular flexibility index (Phi) is 5.20. The van der Waals surface area contributed by atoms with E-state index in [0.29, 0.717) is 27.2 Å². The second-order valence-corrected chi connectivity index (χ2v) is 7.03. The first kappa shape index (κ1) is 17.2. The second-order valence-electron chi connectivity index (χ2n) is 5.00. The molecule has 0 saturated carbocycles. The van der Waals surface area contributed by atoms with Gasteiger partial charge in [-0.1, -0.05) is 41.7 Å². The molecule has 3 aromatic rings. The average Bonchev–Trinajstić information content (AvgIpc) is 3.23. The Morgan fingerprint density at radius 2 is 1.96 bits per heavy atom. The van der Waals surface area contributed by atoms with Gasteiger partial charge in [-0.2, -0.15) is 0 Å². The molecule has 0 fully saturated rings. The summed E-state index contributed by atoms with van der Waals surface area (Å²) in [6, 6.07) is 9.65. The lowest BCUT2D eigenvalue weighted by atomic mass is 10.2. The van der Waals surface area contributed by atoms with E-state index < -0.39 is 5.97 Å². The van der Waals surface area contributed by atoms with Gasteiger partial charge in [-0.25, -0.2) is 14.8 Å². The minimum atomic E-state index is -0.429. The Labute approximate surface area is 152 Å². The summed E-state index contributed by atoms with van der Waals surface area (Å²) in [7, 11) is 0. The first-order valence-corrected chi connectivity index (χ1v) is 9.19. The molecule has 2 heterocycles. The number of nitrogens with zero attached hydrogens (tertiary/aromatic N) is 2. The summed E-state index contributed by atoms with van der Waals surface area (Å²) in [5.41, 5.74) is 1.49. The van der Waals surface area contributed by atoms with E-state index >= 15 is 0 Å². The number of aryl methyl sites for hydroxylation is 1. The number of rotatable bonds is 5. The number of hydrogen-bond acceptors (Lipinski definition) is 7. The highest BCUT2D eigenvalue weighted by Crippen LogP contribution is 2.27. The molecule has 1 N–H and O–H groups in total. The van der Waals surface area contributed by atoms with Gasteiger partial charge < -0.3 is 4.74 Å². The Morgan fingerprint density at radius 1 is 1.20 bits per heavy atom. The maximum atomic E-state index is 12.4. The van der Waals surface area contributed by atoms with Gasteiger partial charge in [0.2, 0.25) is 0 Å². The maximum absolute atomic E-state index is 12.4. The zero-order valence-corrected chi connectivity index (χ0v) is 15.2. The highest BCUT2D eigenvalue weighted by Gasteiger charge is 2.19. The number of benzene rings is 1. The normalized spacial score (nSPS) is 10.5. The van der Waals surface area contributed by atoms with Crippen molar-refractivity contribution in [1.82, 2.24) is 9.97 Å². The summed E-state index contributed by atoms with van der Waals surface area (Å²) in [6.07, 6.45) is 1.54. The van der Waals surface area contributed by atoms with Crippen molar-refractivity contribution in [1.29, 1.82) is 0 Å². The van der Waals surface area contributed by atoms with E-state index in [1.807, 2.05) is 30.3 Å². The SMILES string of the molecule is CCOC(=O)c1sc(NC(=O)c2cnc(-c3ccccc3)s2)nc1C. The maximum Gasteiger partial charge on any atom is 0.350 e. The van der Waals surface area contributed by atoms with Crippen LogP contribution in [0.25, 0.3) is 10.6 Å². The van der Waals surface area contributed by atoms with Gasteiger partial charge >= 0.3 is 5.97 Å². The fourth-order valence-corrected chi connectivity index (χ4v) is 3.76. The molecule has 6 nitrogen and oxygen atoms in total. The number of esters is 1. The molecule has 0 aliphatic carbocycles. The quantitative estimate of drug-likeness (QED) is 0.684. The molecule has 1 aromatic carbocycles. The van der Waals surface area contributed by atoms with Crippen LogP contribution in [0.15, 0.2) is 36.5 Å². The number of ether oxygens (including phenoxy) is 1. The fourth-order valence-electron chi connectivity index (χ4n) is 2.09. The van der Waals surface area contributed by atoms with Gasteiger partial charge in [-0.05, 0) is 13.8 Å². The molecule has 0 bridgehead atoms. The third-order valence-electron chi connectivity index (χ3n) is 3.23. The van der Waals surface area contributed by atoms with Gasteiger partial charge in [0.05, 0.1) is 18.5 Å². The summed E-state index contributed by atoms with van der Waals surface area (Å²) in [4.78, 5) is 33.6. The molecule has 1 amide bonds. The molecule has 8 heteroatoms. The van der Waals surface area contributed by atoms with Crippen LogP contribution < -0.4 is 5.32 Å². The van der Waals surface area contributed by atoms with E-state index in [0.717, 1.165) is 21.9 Å². The molecule has 0 atom stereocenters. The number of carbonyl (C=O) groups excluding carboxylic acids is 2. The Bertz CT molecular complexity index is 903. The van der Waals surface area contributed by atoms with Crippen LogP contribution >= 0.6 is 22.7 Å². The summed E-state index contributed by atoms with van der Waals surface area (Å²) in [5, 5.41) is 3.85. The number of hydrogen-bond donors (Lipinski definition) is 1. The zero-order valence-electron chi connectivity index (χ0n) is 13.6. The molecule has 0 radical (unpaired) electrons. The van der Waals surface area contributed by atoms with E-state index in [1.54, 1.807) is 13.8 Å². The predicted molar refractivity (Wildman–Crippen MR) is 98.3 cm³/mol. The molecule has 2 aromatic heterocycles. The van der Waals surface area contributed by atoms with Crippen LogP contribution in [0.4, 0.5) is 5.13 Å². The van der Waals surface area contributed by atoms with Crippen LogP contribution in [-0.2, 0) is 4.74 Å². The van der Waals surface area contributed by atoms with Crippen LogP contribution in [0.1, 0.15) is 32.0 Å². The summed E-state index contributed by atoms with van der Waals surface area (Å²) < 4.78 is 4.97. The molecule has 0 aliphatic rings. The van der Waals surface area contributed by atoms with Crippen LogP contribution in [0.3, 0.4) is 0 Å². The highest BCUT2D eigenvalue weighted by molar-refractivity contribution is 7.18. The number of thiazole rings is 2. The van der Waals surface area contributed by atoms with Crippen molar-refractivity contribution in [2.24, 2.45) is 0 Å². The Morgan fingerprint density at radius 3 is 2.68 bits per heavy atom. The monoisotopic (exact) mass is 373 g/mol. The van der Waals surface area contributed by atoms with Crippen molar-refractivity contribution in [3.05, 3.63) is 52.0 Å². The molecule has 0 spiro atoms. The molecule has 0 saturated heterocycles. The van der Waals surface area contributed by atoms with Crippen LogP contribution in [0.2, 0.25) is 0 Å². The van der Waals surface area contributed by atoms with Gasteiger partial charge in [0.15, 0.2) is 5.13 Å². The summed E-state index contributed by atoms with van der Waals surface area (Å²) in [6.45, 7) is 3.74. The van der Waals surface area contributed by atoms with Gasteiger partial charge in [-0.3, -0.25) is 10.1 Å². The third-order valence-corrected chi connectivity index (χ3v) is 5.33. The summed E-state index contributed by atoms with van der Waals surface area (Å²) in [5.74, 6) is -0.731. The number of amides is 1. The molecule has 128 valence electrons. The van der Waals surface area contributed by atoms with E-state index in [2.05, 4.69) is 15.3 Å². The lowest BCUT2D eigenvalue weighted by Crippen LogP contribution is -2.09. The van der Waals surface area contributed by atoms with Gasteiger partial charge in [0.1, 0.15) is 14.8 Å². The zero-order chi connectivity index (χ0) is 17.8. The van der Waals surface area contributed by atoms with Gasteiger partial charge in [0.25, 0.3) is 5.91 Å². The minimum absolute atomic E-state index is 0.293. The smallest absolute Gasteiger partial charge is 0.350 e. The number of anilines is 1. The largest absolute Gasteiger partial charge is 0.462 e. The first-order chi connectivity index (χ1) is 12.1. The molecule has 3 rings (SSSR count). The van der Waals surface area contributed by atoms with Crippen LogP contribution in [0, 0.1) is 6.92 Å². The third kappa shape index (κ3) is 3.92. The highest BCUT2D eigenvalue weighted by atomic mass is 32.1. The number of carbonyl (C=O) groups is 2. The van der Waals surface area contributed by atoms with Gasteiger partial charge in [-0.15, -0.1) is 11.3 Å². The van der Waals surface area contributed by atoms with Crippen molar-refractivity contribution in [2.45, 2.75) is 13.8 Å². The standard InChI is InChI=1S/C17H15N3O3S2/c1-3-23-16(22)13-10(2)19-17(25-13)20-14(21)12-9-18-15(24-12)11-7-5-4-6-8-11/h4-9H,3H2,1-2H3,(H,19,20,21). The van der Waals surface area contributed by atoms with E-state index in [4.69, 9.17) is 4.74 Å². The van der Waals surface area contributed by atoms with E-state index in [-0.39, 0.29) is 5.91 Å². The minimum Gasteiger partial charge on any atom is -0.462 e. The second kappa shape index (κ2) is 7.54. The number of aromatic nitrogens is 2. The first-order valence-electron chi connectivity index (χ1n) is 7.55. The molecule has 0 aliphatic heterocycles. The Balaban J connectivity index is 1.74. The molecular formula is C17H15N3O3S2.